The molecule has 2 bridgehead atoms. The summed E-state index contributed by atoms with van der Waals surface area (Å²) in [5, 5.41) is 41.1. The van der Waals surface area contributed by atoms with Gasteiger partial charge in [-0.15, -0.1) is 0 Å². The summed E-state index contributed by atoms with van der Waals surface area (Å²) in [4.78, 5) is 13.0. The van der Waals surface area contributed by atoms with Gasteiger partial charge in [-0.3, -0.25) is 4.79 Å². The van der Waals surface area contributed by atoms with Gasteiger partial charge in [0.1, 0.15) is 23.9 Å². The van der Waals surface area contributed by atoms with Gasteiger partial charge in [-0.05, 0) is 19.1 Å². The number of carbonyl (C=O) groups is 1. The van der Waals surface area contributed by atoms with Crippen molar-refractivity contribution in [3.05, 3.63) is 69.7 Å². The van der Waals surface area contributed by atoms with Crippen LogP contribution in [0.1, 0.15) is 27.0 Å². The Labute approximate surface area is 172 Å². The topological polar surface area (TPSA) is 116 Å². The molecule has 0 spiro atoms. The van der Waals surface area contributed by atoms with Crippen molar-refractivity contribution >= 4 is 17.4 Å². The highest BCUT2D eigenvalue weighted by Gasteiger charge is 2.67. The van der Waals surface area contributed by atoms with Crippen LogP contribution in [0.15, 0.2) is 42.5 Å². The second-order valence-corrected chi connectivity index (χ2v) is 7.96. The molecule has 2 saturated heterocycles. The van der Waals surface area contributed by atoms with Crippen LogP contribution in [0.3, 0.4) is 0 Å². The van der Waals surface area contributed by atoms with Gasteiger partial charge in [0.25, 0.3) is 0 Å². The zero-order valence-corrected chi connectivity index (χ0v) is 16.3. The normalized spacial score (nSPS) is 33.7. The molecule has 4 rings (SSSR count). The lowest BCUT2D eigenvalue weighted by Crippen LogP contribution is -2.65. The van der Waals surface area contributed by atoms with Crippen LogP contribution in [-0.2, 0) is 15.3 Å². The molecule has 29 heavy (non-hydrogen) atoms. The first-order chi connectivity index (χ1) is 13.7. The minimum absolute atomic E-state index is 0.170. The summed E-state index contributed by atoms with van der Waals surface area (Å²) in [5.41, 5.74) is 0.269. The number of aliphatic hydroxyl groups excluding tert-OH is 4. The molecule has 0 unspecified atom stereocenters. The summed E-state index contributed by atoms with van der Waals surface area (Å²) in [6.45, 7) is 1.04. The van der Waals surface area contributed by atoms with Gasteiger partial charge >= 0.3 is 0 Å². The van der Waals surface area contributed by atoms with Crippen molar-refractivity contribution in [1.29, 1.82) is 0 Å². The number of halogens is 1. The Morgan fingerprint density at radius 2 is 1.83 bits per heavy atom. The Morgan fingerprint density at radius 1 is 1.14 bits per heavy atom. The maximum Gasteiger partial charge on any atom is 0.225 e. The molecule has 0 aromatic heterocycles. The third-order valence-corrected chi connectivity index (χ3v) is 5.99. The highest BCUT2D eigenvalue weighted by Crippen LogP contribution is 2.49. The molecule has 0 radical (unpaired) electrons. The van der Waals surface area contributed by atoms with Crippen LogP contribution in [-0.4, -0.2) is 63.3 Å². The number of rotatable bonds is 4. The maximum absolute atomic E-state index is 13.0. The highest BCUT2D eigenvalue weighted by atomic mass is 35.5. The smallest absolute Gasteiger partial charge is 0.225 e. The first-order valence-corrected chi connectivity index (χ1v) is 9.52. The van der Waals surface area contributed by atoms with E-state index in [4.69, 9.17) is 21.1 Å². The van der Waals surface area contributed by atoms with E-state index < -0.39 is 36.3 Å². The number of fused-ring (bicyclic) bond motifs is 2. The van der Waals surface area contributed by atoms with Gasteiger partial charge in [-0.2, -0.15) is 0 Å². The first-order valence-electron chi connectivity index (χ1n) is 9.15. The van der Waals surface area contributed by atoms with Crippen molar-refractivity contribution < 1.29 is 34.7 Å². The van der Waals surface area contributed by atoms with Crippen LogP contribution in [0.4, 0.5) is 0 Å². The van der Waals surface area contributed by atoms with E-state index in [2.05, 4.69) is 0 Å². The Bertz CT molecular complexity index is 947. The monoisotopic (exact) mass is 420 g/mol. The third-order valence-electron chi connectivity index (χ3n) is 5.66. The van der Waals surface area contributed by atoms with E-state index in [-0.39, 0.29) is 28.5 Å². The number of ether oxygens (including phenoxy) is 2. The van der Waals surface area contributed by atoms with Crippen molar-refractivity contribution in [1.82, 2.24) is 0 Å². The van der Waals surface area contributed by atoms with Crippen molar-refractivity contribution in [2.75, 3.05) is 13.2 Å². The number of aliphatic hydroxyl groups is 4. The van der Waals surface area contributed by atoms with E-state index >= 15 is 0 Å². The molecule has 0 saturated carbocycles. The Hall–Kier alpha value is -1.84. The van der Waals surface area contributed by atoms with Crippen LogP contribution >= 0.6 is 11.6 Å². The lowest BCUT2D eigenvalue weighted by Gasteiger charge is -2.45. The average molecular weight is 421 g/mol. The fourth-order valence-corrected chi connectivity index (χ4v) is 4.05. The summed E-state index contributed by atoms with van der Waals surface area (Å²) >= 11 is 6.26. The van der Waals surface area contributed by atoms with Gasteiger partial charge in [0.15, 0.2) is 5.78 Å². The Balaban J connectivity index is 1.77. The molecule has 2 aromatic rings. The number of hydrogen-bond donors (Lipinski definition) is 4. The van der Waals surface area contributed by atoms with E-state index in [0.29, 0.717) is 5.56 Å². The predicted molar refractivity (Wildman–Crippen MR) is 103 cm³/mol. The molecular weight excluding hydrogens is 400 g/mol. The largest absolute Gasteiger partial charge is 0.393 e. The van der Waals surface area contributed by atoms with E-state index in [1.54, 1.807) is 12.1 Å². The number of ketones is 1. The quantitative estimate of drug-likeness (QED) is 0.543. The molecule has 2 heterocycles. The standard InChI is InChI=1S/C21H21ClO7/c1-11-2-4-12(5-3-11)16(24)14-8-13(6-7-15(14)22)21-19(27)17(25)18(26)20(9-23,29-21)10-28-21/h2-8,17-19,23,25-27H,9-10H2,1H3/t17-,18-,19+,20-,21-/m0/s1. The number of benzene rings is 2. The summed E-state index contributed by atoms with van der Waals surface area (Å²) < 4.78 is 11.5. The van der Waals surface area contributed by atoms with Crippen LogP contribution in [0.2, 0.25) is 5.02 Å². The molecule has 2 aliphatic heterocycles. The van der Waals surface area contributed by atoms with E-state index in [0.717, 1.165) is 5.56 Å². The second kappa shape index (κ2) is 7.14. The molecular formula is C21H21ClO7. The highest BCUT2D eigenvalue weighted by molar-refractivity contribution is 6.35. The minimum atomic E-state index is -1.85. The van der Waals surface area contributed by atoms with Gasteiger partial charge in [0.05, 0.1) is 18.2 Å². The van der Waals surface area contributed by atoms with E-state index in [1.807, 2.05) is 19.1 Å². The van der Waals surface area contributed by atoms with Crippen molar-refractivity contribution in [2.45, 2.75) is 36.6 Å². The van der Waals surface area contributed by atoms with Crippen molar-refractivity contribution in [3.8, 4) is 0 Å². The van der Waals surface area contributed by atoms with Crippen molar-refractivity contribution in [2.24, 2.45) is 0 Å². The minimum Gasteiger partial charge on any atom is -0.393 e. The van der Waals surface area contributed by atoms with Crippen molar-refractivity contribution in [3.63, 3.8) is 0 Å². The SMILES string of the molecule is Cc1ccc(C(=O)c2cc([C@]34OC[C@](CO)(O3)[C@@H](O)[C@H](O)[C@H]4O)ccc2Cl)cc1. The molecule has 5 atom stereocenters. The summed E-state index contributed by atoms with van der Waals surface area (Å²) in [6.07, 6.45) is -4.81. The van der Waals surface area contributed by atoms with Crippen LogP contribution < -0.4 is 0 Å². The lowest BCUT2D eigenvalue weighted by molar-refractivity contribution is -0.329. The molecule has 8 heteroatoms. The van der Waals surface area contributed by atoms with E-state index in [1.165, 1.54) is 18.2 Å². The summed E-state index contributed by atoms with van der Waals surface area (Å²) in [6, 6.07) is 11.4. The third kappa shape index (κ3) is 3.02. The zero-order chi connectivity index (χ0) is 21.0. The van der Waals surface area contributed by atoms with Gasteiger partial charge in [0, 0.05) is 16.7 Å². The van der Waals surface area contributed by atoms with Gasteiger partial charge < -0.3 is 29.9 Å². The Kier molecular flexibility index (Phi) is 5.03. The van der Waals surface area contributed by atoms with Crippen LogP contribution in [0, 0.1) is 6.92 Å². The second-order valence-electron chi connectivity index (χ2n) is 7.55. The van der Waals surface area contributed by atoms with E-state index in [9.17, 15) is 25.2 Å². The molecule has 7 nitrogen and oxygen atoms in total. The fraction of sp³-hybridized carbons (Fsp3) is 0.381. The van der Waals surface area contributed by atoms with Crippen LogP contribution in [0.5, 0.6) is 0 Å². The fourth-order valence-electron chi connectivity index (χ4n) is 3.85. The summed E-state index contributed by atoms with van der Waals surface area (Å²) in [5.74, 6) is -2.18. The lowest BCUT2D eigenvalue weighted by atomic mass is 9.83. The van der Waals surface area contributed by atoms with Gasteiger partial charge in [-0.25, -0.2) is 0 Å². The predicted octanol–water partition coefficient (Wildman–Crippen LogP) is 0.906. The van der Waals surface area contributed by atoms with Gasteiger partial charge in [-0.1, -0.05) is 47.5 Å². The number of hydrogen-bond acceptors (Lipinski definition) is 7. The number of aryl methyl sites for hydroxylation is 1. The molecule has 4 N–H and O–H groups in total. The molecule has 2 aliphatic rings. The molecule has 154 valence electrons. The summed E-state index contributed by atoms with van der Waals surface area (Å²) in [7, 11) is 0. The average Bonchev–Trinajstić information content (AvgIpc) is 3.11. The van der Waals surface area contributed by atoms with Gasteiger partial charge in [0.2, 0.25) is 5.79 Å². The molecule has 0 amide bonds. The molecule has 2 fully saturated rings. The Morgan fingerprint density at radius 3 is 2.48 bits per heavy atom. The maximum atomic E-state index is 13.0. The number of carbonyl (C=O) groups excluding carboxylic acids is 1. The first kappa shape index (κ1) is 20.4. The zero-order valence-electron chi connectivity index (χ0n) is 15.6. The molecule has 0 aliphatic carbocycles. The molecule has 2 aromatic carbocycles. The van der Waals surface area contributed by atoms with Crippen LogP contribution in [0.25, 0.3) is 0 Å².